The first-order valence-corrected chi connectivity index (χ1v) is 9.05. The zero-order chi connectivity index (χ0) is 17.9. The Bertz CT molecular complexity index is 804. The topological polar surface area (TPSA) is 74.3 Å². The quantitative estimate of drug-likeness (QED) is 0.887. The van der Waals surface area contributed by atoms with Gasteiger partial charge >= 0.3 is 0 Å². The first-order valence-electron chi connectivity index (χ1n) is 9.05. The molecule has 1 saturated carbocycles. The fourth-order valence-corrected chi connectivity index (χ4v) is 3.30. The third-order valence-electron chi connectivity index (χ3n) is 4.90. The Morgan fingerprint density at radius 1 is 1.19 bits per heavy atom. The van der Waals surface area contributed by atoms with Gasteiger partial charge in [-0.2, -0.15) is 0 Å². The highest BCUT2D eigenvalue weighted by atomic mass is 16.2. The molecule has 2 aliphatic rings. The number of benzene rings is 1. The summed E-state index contributed by atoms with van der Waals surface area (Å²) in [5, 5.41) is 6.26. The average molecular weight is 350 g/mol. The molecule has 2 fully saturated rings. The van der Waals surface area contributed by atoms with Crippen LogP contribution in [0.3, 0.4) is 0 Å². The van der Waals surface area contributed by atoms with Gasteiger partial charge in [-0.05, 0) is 42.7 Å². The van der Waals surface area contributed by atoms with Crippen molar-refractivity contribution in [2.75, 3.05) is 25.0 Å². The van der Waals surface area contributed by atoms with E-state index in [9.17, 15) is 9.59 Å². The smallest absolute Gasteiger partial charge is 0.254 e. The highest BCUT2D eigenvalue weighted by molar-refractivity contribution is 5.98. The van der Waals surface area contributed by atoms with Gasteiger partial charge in [-0.25, -0.2) is 0 Å². The van der Waals surface area contributed by atoms with Crippen LogP contribution >= 0.6 is 0 Å². The van der Waals surface area contributed by atoms with E-state index >= 15 is 0 Å². The van der Waals surface area contributed by atoms with Crippen LogP contribution in [0.5, 0.6) is 0 Å². The molecule has 0 radical (unpaired) electrons. The van der Waals surface area contributed by atoms with E-state index in [2.05, 4.69) is 15.6 Å². The molecule has 2 aromatic rings. The van der Waals surface area contributed by atoms with Gasteiger partial charge in [-0.15, -0.1) is 0 Å². The Labute approximate surface area is 152 Å². The van der Waals surface area contributed by atoms with Crippen molar-refractivity contribution in [1.29, 1.82) is 0 Å². The molecular weight excluding hydrogens is 328 g/mol. The fraction of sp³-hybridized carbons (Fsp3) is 0.350. The van der Waals surface area contributed by atoms with Crippen LogP contribution in [0.15, 0.2) is 48.8 Å². The van der Waals surface area contributed by atoms with Crippen LogP contribution < -0.4 is 10.6 Å². The second-order valence-corrected chi connectivity index (χ2v) is 6.85. The van der Waals surface area contributed by atoms with Crippen LogP contribution in [0.4, 0.5) is 5.69 Å². The summed E-state index contributed by atoms with van der Waals surface area (Å²) in [5.74, 6) is 0.158. The molecule has 26 heavy (non-hydrogen) atoms. The second kappa shape index (κ2) is 7.25. The number of rotatable bonds is 4. The molecule has 2 N–H and O–H groups in total. The third kappa shape index (κ3) is 3.60. The minimum Gasteiger partial charge on any atom is -0.329 e. The molecule has 0 bridgehead atoms. The van der Waals surface area contributed by atoms with E-state index in [1.165, 1.54) is 0 Å². The maximum Gasteiger partial charge on any atom is 0.254 e. The van der Waals surface area contributed by atoms with Crippen molar-refractivity contribution in [3.63, 3.8) is 0 Å². The number of pyridine rings is 1. The van der Waals surface area contributed by atoms with Crippen LogP contribution in [-0.4, -0.2) is 41.3 Å². The Kier molecular flexibility index (Phi) is 4.67. The summed E-state index contributed by atoms with van der Waals surface area (Å²) in [7, 11) is 0. The number of carbonyl (C=O) groups excluding carboxylic acids is 2. The lowest BCUT2D eigenvalue weighted by Crippen LogP contribution is -2.48. The molecule has 6 heteroatoms. The first kappa shape index (κ1) is 16.7. The van der Waals surface area contributed by atoms with E-state index in [4.69, 9.17) is 0 Å². The predicted molar refractivity (Wildman–Crippen MR) is 98.7 cm³/mol. The molecule has 1 aliphatic heterocycles. The molecule has 1 saturated heterocycles. The number of anilines is 1. The van der Waals surface area contributed by atoms with E-state index in [0.29, 0.717) is 24.3 Å². The summed E-state index contributed by atoms with van der Waals surface area (Å²) < 4.78 is 0. The molecule has 1 atom stereocenters. The lowest BCUT2D eigenvalue weighted by molar-refractivity contribution is -0.117. The number of hydrogen-bond acceptors (Lipinski definition) is 4. The maximum absolute atomic E-state index is 13.1. The van der Waals surface area contributed by atoms with Crippen molar-refractivity contribution in [1.82, 2.24) is 15.2 Å². The van der Waals surface area contributed by atoms with Crippen LogP contribution in [0.1, 0.15) is 34.8 Å². The van der Waals surface area contributed by atoms with E-state index in [1.54, 1.807) is 18.3 Å². The van der Waals surface area contributed by atoms with Gasteiger partial charge in [0.15, 0.2) is 0 Å². The highest BCUT2D eigenvalue weighted by Gasteiger charge is 2.31. The number of nitrogens with zero attached hydrogens (tertiary/aromatic N) is 2. The summed E-state index contributed by atoms with van der Waals surface area (Å²) in [6.07, 6.45) is 5.46. The van der Waals surface area contributed by atoms with Crippen LogP contribution in [0.2, 0.25) is 0 Å². The summed E-state index contributed by atoms with van der Waals surface area (Å²) in [5.41, 5.74) is 2.29. The van der Waals surface area contributed by atoms with Crippen molar-refractivity contribution in [2.24, 2.45) is 5.92 Å². The van der Waals surface area contributed by atoms with E-state index in [-0.39, 0.29) is 23.8 Å². The Balaban J connectivity index is 1.54. The number of piperazine rings is 1. The van der Waals surface area contributed by atoms with E-state index in [0.717, 1.165) is 24.9 Å². The molecule has 6 nitrogen and oxygen atoms in total. The average Bonchev–Trinajstić information content (AvgIpc) is 3.54. The van der Waals surface area contributed by atoms with Gasteiger partial charge in [0.2, 0.25) is 5.91 Å². The SMILES string of the molecule is O=C(Nc1cccc(C(=O)N2CCNCC2c2cccnc2)c1)C1CC1. The maximum atomic E-state index is 13.1. The summed E-state index contributed by atoms with van der Waals surface area (Å²) in [6.45, 7) is 2.10. The predicted octanol–water partition coefficient (Wildman–Crippen LogP) is 2.22. The van der Waals surface area contributed by atoms with Crippen molar-refractivity contribution in [3.05, 3.63) is 59.9 Å². The minimum absolute atomic E-state index is 0.0251. The molecule has 4 rings (SSSR count). The number of carbonyl (C=O) groups is 2. The molecule has 2 amide bonds. The number of amides is 2. The monoisotopic (exact) mass is 350 g/mol. The first-order chi connectivity index (χ1) is 12.7. The van der Waals surface area contributed by atoms with E-state index in [1.807, 2.05) is 35.4 Å². The Morgan fingerprint density at radius 2 is 2.08 bits per heavy atom. The Hall–Kier alpha value is -2.73. The normalized spacial score (nSPS) is 19.8. The molecule has 0 spiro atoms. The van der Waals surface area contributed by atoms with Gasteiger partial charge in [0.05, 0.1) is 6.04 Å². The van der Waals surface area contributed by atoms with Gasteiger partial charge in [-0.1, -0.05) is 12.1 Å². The van der Waals surface area contributed by atoms with Gasteiger partial charge < -0.3 is 15.5 Å². The third-order valence-corrected chi connectivity index (χ3v) is 4.90. The van der Waals surface area contributed by atoms with Crippen LogP contribution in [0.25, 0.3) is 0 Å². The number of hydrogen-bond donors (Lipinski definition) is 2. The van der Waals surface area contributed by atoms with Gasteiger partial charge in [0.25, 0.3) is 5.91 Å². The van der Waals surface area contributed by atoms with E-state index < -0.39 is 0 Å². The molecule has 1 aromatic heterocycles. The highest BCUT2D eigenvalue weighted by Crippen LogP contribution is 2.30. The lowest BCUT2D eigenvalue weighted by Gasteiger charge is -2.36. The summed E-state index contributed by atoms with van der Waals surface area (Å²) >= 11 is 0. The summed E-state index contributed by atoms with van der Waals surface area (Å²) in [4.78, 5) is 31.2. The largest absolute Gasteiger partial charge is 0.329 e. The molecule has 1 aromatic carbocycles. The van der Waals surface area contributed by atoms with Crippen LogP contribution in [0, 0.1) is 5.92 Å². The van der Waals surface area contributed by atoms with Gasteiger partial charge in [0.1, 0.15) is 0 Å². The molecule has 1 unspecified atom stereocenters. The molecule has 2 heterocycles. The zero-order valence-corrected chi connectivity index (χ0v) is 14.5. The van der Waals surface area contributed by atoms with Crippen molar-refractivity contribution in [3.8, 4) is 0 Å². The molecule has 1 aliphatic carbocycles. The van der Waals surface area contributed by atoms with Crippen molar-refractivity contribution in [2.45, 2.75) is 18.9 Å². The van der Waals surface area contributed by atoms with Crippen molar-refractivity contribution < 1.29 is 9.59 Å². The minimum atomic E-state index is -0.0466. The molecule has 134 valence electrons. The van der Waals surface area contributed by atoms with Crippen LogP contribution in [-0.2, 0) is 4.79 Å². The standard InChI is InChI=1S/C20H22N4O2/c25-19(14-6-7-14)23-17-5-1-3-15(11-17)20(26)24-10-9-22-13-18(24)16-4-2-8-21-12-16/h1-5,8,11-12,14,18,22H,6-7,9-10,13H2,(H,23,25). The van der Waals surface area contributed by atoms with Crippen molar-refractivity contribution >= 4 is 17.5 Å². The molecular formula is C20H22N4O2. The summed E-state index contributed by atoms with van der Waals surface area (Å²) in [6, 6.07) is 11.1. The zero-order valence-electron chi connectivity index (χ0n) is 14.5. The lowest BCUT2D eigenvalue weighted by atomic mass is 10.0. The second-order valence-electron chi connectivity index (χ2n) is 6.85. The number of aromatic nitrogens is 1. The number of nitrogens with one attached hydrogen (secondary N) is 2. The Morgan fingerprint density at radius 3 is 2.85 bits per heavy atom. The fourth-order valence-electron chi connectivity index (χ4n) is 3.30. The van der Waals surface area contributed by atoms with Gasteiger partial charge in [-0.3, -0.25) is 14.6 Å². The van der Waals surface area contributed by atoms with Gasteiger partial charge in [0, 0.05) is 49.2 Å².